The van der Waals surface area contributed by atoms with Crippen molar-refractivity contribution in [2.75, 3.05) is 26.7 Å². The van der Waals surface area contributed by atoms with E-state index in [9.17, 15) is 0 Å². The quantitative estimate of drug-likeness (QED) is 0.863. The van der Waals surface area contributed by atoms with Crippen molar-refractivity contribution in [1.82, 2.24) is 10.2 Å². The molecule has 0 saturated carbocycles. The number of benzene rings is 1. The lowest BCUT2D eigenvalue weighted by Gasteiger charge is -2.31. The Kier molecular flexibility index (Phi) is 5.86. The number of piperidine rings is 1. The molecule has 2 atom stereocenters. The monoisotopic (exact) mass is 276 g/mol. The molecule has 1 fully saturated rings. The lowest BCUT2D eigenvalue weighted by Crippen LogP contribution is -2.42. The fourth-order valence-electron chi connectivity index (χ4n) is 3.12. The van der Waals surface area contributed by atoms with Crippen LogP contribution in [0.15, 0.2) is 24.3 Å². The fraction of sp³-hybridized carbons (Fsp3) is 0.647. The highest BCUT2D eigenvalue weighted by atomic mass is 16.5. The van der Waals surface area contributed by atoms with E-state index < -0.39 is 0 Å². The first-order valence-electron chi connectivity index (χ1n) is 7.82. The molecule has 0 bridgehead atoms. The average molecular weight is 276 g/mol. The average Bonchev–Trinajstić information content (AvgIpc) is 2.48. The predicted octanol–water partition coefficient (Wildman–Crippen LogP) is 3.22. The molecule has 3 heteroatoms. The SMILES string of the molecule is COc1ccccc1C(C)NC(C)CN1CCCCC1. The van der Waals surface area contributed by atoms with Crippen LogP contribution in [0.5, 0.6) is 5.75 Å². The van der Waals surface area contributed by atoms with Crippen molar-refractivity contribution in [2.24, 2.45) is 0 Å². The maximum absolute atomic E-state index is 5.45. The second kappa shape index (κ2) is 7.65. The second-order valence-electron chi connectivity index (χ2n) is 5.89. The Balaban J connectivity index is 1.87. The van der Waals surface area contributed by atoms with E-state index >= 15 is 0 Å². The summed E-state index contributed by atoms with van der Waals surface area (Å²) < 4.78 is 5.45. The first kappa shape index (κ1) is 15.3. The molecule has 3 nitrogen and oxygen atoms in total. The summed E-state index contributed by atoms with van der Waals surface area (Å²) in [7, 11) is 1.74. The molecule has 1 aromatic rings. The minimum absolute atomic E-state index is 0.311. The van der Waals surface area contributed by atoms with Crippen LogP contribution in [0, 0.1) is 0 Å². The van der Waals surface area contributed by atoms with Gasteiger partial charge in [-0.1, -0.05) is 24.6 Å². The summed E-state index contributed by atoms with van der Waals surface area (Å²) in [5.74, 6) is 0.970. The van der Waals surface area contributed by atoms with Crippen LogP contribution >= 0.6 is 0 Å². The van der Waals surface area contributed by atoms with Crippen LogP contribution < -0.4 is 10.1 Å². The lowest BCUT2D eigenvalue weighted by molar-refractivity contribution is 0.205. The minimum Gasteiger partial charge on any atom is -0.496 e. The Hall–Kier alpha value is -1.06. The number of methoxy groups -OCH3 is 1. The van der Waals surface area contributed by atoms with Crippen molar-refractivity contribution in [1.29, 1.82) is 0 Å². The number of hydrogen-bond acceptors (Lipinski definition) is 3. The Bertz CT molecular complexity index is 402. The molecule has 1 N–H and O–H groups in total. The van der Waals surface area contributed by atoms with E-state index in [1.54, 1.807) is 7.11 Å². The van der Waals surface area contributed by atoms with Crippen LogP contribution in [-0.2, 0) is 0 Å². The smallest absolute Gasteiger partial charge is 0.123 e. The van der Waals surface area contributed by atoms with E-state index in [0.717, 1.165) is 12.3 Å². The minimum atomic E-state index is 0.311. The van der Waals surface area contributed by atoms with Gasteiger partial charge in [0, 0.05) is 24.2 Å². The van der Waals surface area contributed by atoms with E-state index in [1.807, 2.05) is 12.1 Å². The zero-order valence-corrected chi connectivity index (χ0v) is 13.1. The topological polar surface area (TPSA) is 24.5 Å². The molecule has 0 aromatic heterocycles. The van der Waals surface area contributed by atoms with Crippen LogP contribution in [0.2, 0.25) is 0 Å². The third-order valence-electron chi connectivity index (χ3n) is 4.12. The van der Waals surface area contributed by atoms with Crippen molar-refractivity contribution >= 4 is 0 Å². The molecular weight excluding hydrogens is 248 g/mol. The maximum Gasteiger partial charge on any atom is 0.123 e. The molecule has 0 radical (unpaired) electrons. The Labute approximate surface area is 123 Å². The summed E-state index contributed by atoms with van der Waals surface area (Å²) in [6.45, 7) is 8.15. The highest BCUT2D eigenvalue weighted by Gasteiger charge is 2.17. The van der Waals surface area contributed by atoms with Gasteiger partial charge in [0.05, 0.1) is 7.11 Å². The number of likely N-dealkylation sites (tertiary alicyclic amines) is 1. The van der Waals surface area contributed by atoms with Gasteiger partial charge in [-0.15, -0.1) is 0 Å². The van der Waals surface area contributed by atoms with Gasteiger partial charge < -0.3 is 15.0 Å². The Morgan fingerprint density at radius 2 is 1.85 bits per heavy atom. The molecule has 2 rings (SSSR count). The van der Waals surface area contributed by atoms with Gasteiger partial charge in [0.1, 0.15) is 5.75 Å². The van der Waals surface area contributed by atoms with Gasteiger partial charge in [-0.2, -0.15) is 0 Å². The molecule has 1 aromatic carbocycles. The molecule has 1 aliphatic rings. The molecule has 0 amide bonds. The number of hydrogen-bond donors (Lipinski definition) is 1. The highest BCUT2D eigenvalue weighted by Crippen LogP contribution is 2.24. The molecule has 20 heavy (non-hydrogen) atoms. The zero-order valence-electron chi connectivity index (χ0n) is 13.1. The largest absolute Gasteiger partial charge is 0.496 e. The normalized spacial score (nSPS) is 19.6. The molecule has 1 heterocycles. The number of para-hydroxylation sites is 1. The van der Waals surface area contributed by atoms with E-state index in [0.29, 0.717) is 12.1 Å². The van der Waals surface area contributed by atoms with Gasteiger partial charge >= 0.3 is 0 Å². The molecule has 0 aliphatic carbocycles. The van der Waals surface area contributed by atoms with Gasteiger partial charge in [-0.3, -0.25) is 0 Å². The Morgan fingerprint density at radius 3 is 2.55 bits per heavy atom. The van der Waals surface area contributed by atoms with Crippen LogP contribution in [0.4, 0.5) is 0 Å². The van der Waals surface area contributed by atoms with Crippen molar-refractivity contribution < 1.29 is 4.74 Å². The number of rotatable bonds is 6. The van der Waals surface area contributed by atoms with Gasteiger partial charge in [0.2, 0.25) is 0 Å². The summed E-state index contributed by atoms with van der Waals surface area (Å²) in [4.78, 5) is 2.58. The van der Waals surface area contributed by atoms with E-state index in [-0.39, 0.29) is 0 Å². The van der Waals surface area contributed by atoms with E-state index in [4.69, 9.17) is 4.74 Å². The van der Waals surface area contributed by atoms with Crippen molar-refractivity contribution in [2.45, 2.75) is 45.2 Å². The van der Waals surface area contributed by atoms with Crippen molar-refractivity contribution in [3.8, 4) is 5.75 Å². The van der Waals surface area contributed by atoms with Crippen molar-refractivity contribution in [3.05, 3.63) is 29.8 Å². The molecule has 1 aliphatic heterocycles. The van der Waals surface area contributed by atoms with Gasteiger partial charge in [-0.05, 0) is 45.8 Å². The van der Waals surface area contributed by atoms with E-state index in [1.165, 1.54) is 37.9 Å². The number of nitrogens with one attached hydrogen (secondary N) is 1. The fourth-order valence-corrected chi connectivity index (χ4v) is 3.12. The second-order valence-corrected chi connectivity index (χ2v) is 5.89. The number of nitrogens with zero attached hydrogens (tertiary/aromatic N) is 1. The summed E-state index contributed by atoms with van der Waals surface area (Å²) in [5, 5.41) is 3.70. The third-order valence-corrected chi connectivity index (χ3v) is 4.12. The molecule has 2 unspecified atom stereocenters. The first-order chi connectivity index (χ1) is 9.70. The van der Waals surface area contributed by atoms with Crippen LogP contribution in [0.1, 0.15) is 44.7 Å². The van der Waals surface area contributed by atoms with Gasteiger partial charge in [0.25, 0.3) is 0 Å². The van der Waals surface area contributed by atoms with Crippen molar-refractivity contribution in [3.63, 3.8) is 0 Å². The van der Waals surface area contributed by atoms with Crippen LogP contribution in [0.3, 0.4) is 0 Å². The lowest BCUT2D eigenvalue weighted by atomic mass is 10.1. The van der Waals surface area contributed by atoms with Crippen LogP contribution in [0.25, 0.3) is 0 Å². The summed E-state index contributed by atoms with van der Waals surface area (Å²) in [5.41, 5.74) is 1.24. The maximum atomic E-state index is 5.45. The zero-order chi connectivity index (χ0) is 14.4. The third kappa shape index (κ3) is 4.22. The number of ether oxygens (including phenoxy) is 1. The standard InChI is InChI=1S/C17H28N2O/c1-14(13-19-11-7-4-8-12-19)18-15(2)16-9-5-6-10-17(16)20-3/h5-6,9-10,14-15,18H,4,7-8,11-13H2,1-3H3. The summed E-state index contributed by atoms with van der Waals surface area (Å²) in [6, 6.07) is 9.07. The van der Waals surface area contributed by atoms with E-state index in [2.05, 4.69) is 36.2 Å². The van der Waals surface area contributed by atoms with Gasteiger partial charge in [0.15, 0.2) is 0 Å². The summed E-state index contributed by atoms with van der Waals surface area (Å²) in [6.07, 6.45) is 4.11. The van der Waals surface area contributed by atoms with Crippen LogP contribution in [-0.4, -0.2) is 37.7 Å². The molecule has 0 spiro atoms. The van der Waals surface area contributed by atoms with Gasteiger partial charge in [-0.25, -0.2) is 0 Å². The first-order valence-corrected chi connectivity index (χ1v) is 7.82. The highest BCUT2D eigenvalue weighted by molar-refractivity contribution is 5.35. The molecule has 1 saturated heterocycles. The molecule has 112 valence electrons. The Morgan fingerprint density at radius 1 is 1.15 bits per heavy atom. The summed E-state index contributed by atoms with van der Waals surface area (Å²) >= 11 is 0. The predicted molar refractivity (Wildman–Crippen MR) is 84.3 cm³/mol. The molecular formula is C17H28N2O.